The van der Waals surface area contributed by atoms with Gasteiger partial charge >= 0.3 is 0 Å². The molecule has 0 amide bonds. The highest BCUT2D eigenvalue weighted by Crippen LogP contribution is 2.31. The highest BCUT2D eigenvalue weighted by Gasteiger charge is 2.20. The number of benzene rings is 1. The summed E-state index contributed by atoms with van der Waals surface area (Å²) in [6.45, 7) is 1.91. The van der Waals surface area contributed by atoms with E-state index in [0.29, 0.717) is 17.5 Å². The third kappa shape index (κ3) is 2.15. The van der Waals surface area contributed by atoms with Crippen LogP contribution in [0, 0.1) is 0 Å². The molecule has 3 rings (SSSR count). The van der Waals surface area contributed by atoms with Crippen LogP contribution < -0.4 is 14.8 Å². The minimum absolute atomic E-state index is 0.418. The van der Waals surface area contributed by atoms with Crippen molar-refractivity contribution in [3.05, 3.63) is 24.4 Å². The van der Waals surface area contributed by atoms with Crippen LogP contribution in [-0.4, -0.2) is 42.3 Å². The van der Waals surface area contributed by atoms with Crippen molar-refractivity contribution >= 4 is 0 Å². The van der Waals surface area contributed by atoms with Crippen molar-refractivity contribution in [1.29, 1.82) is 0 Å². The van der Waals surface area contributed by atoms with E-state index >= 15 is 0 Å². The summed E-state index contributed by atoms with van der Waals surface area (Å²) >= 11 is 0. The molecule has 1 N–H and O–H groups in total. The van der Waals surface area contributed by atoms with Crippen LogP contribution in [0.2, 0.25) is 0 Å². The Morgan fingerprint density at radius 2 is 2.00 bits per heavy atom. The molecule has 0 bridgehead atoms. The monoisotopic (exact) mass is 260 g/mol. The van der Waals surface area contributed by atoms with Crippen molar-refractivity contribution in [3.63, 3.8) is 0 Å². The normalized spacial score (nSPS) is 15.1. The van der Waals surface area contributed by atoms with Gasteiger partial charge in [-0.15, -0.1) is 5.10 Å². The topological polar surface area (TPSA) is 61.2 Å². The molecule has 1 aliphatic rings. The van der Waals surface area contributed by atoms with Crippen LogP contribution >= 0.6 is 0 Å². The first kappa shape index (κ1) is 12.0. The second-order valence-corrected chi connectivity index (χ2v) is 4.47. The fourth-order valence-corrected chi connectivity index (χ4v) is 2.04. The van der Waals surface area contributed by atoms with Gasteiger partial charge in [-0.3, -0.25) is 0 Å². The molecule has 1 aliphatic heterocycles. The molecule has 1 fully saturated rings. The van der Waals surface area contributed by atoms with E-state index in [1.54, 1.807) is 14.2 Å². The number of methoxy groups -OCH3 is 2. The van der Waals surface area contributed by atoms with Gasteiger partial charge in [0.2, 0.25) is 0 Å². The van der Waals surface area contributed by atoms with Crippen molar-refractivity contribution in [2.75, 3.05) is 27.3 Å². The maximum absolute atomic E-state index is 5.29. The van der Waals surface area contributed by atoms with E-state index in [9.17, 15) is 0 Å². The van der Waals surface area contributed by atoms with E-state index in [0.717, 1.165) is 24.3 Å². The second kappa shape index (κ2) is 4.89. The third-order valence-electron chi connectivity index (χ3n) is 3.32. The van der Waals surface area contributed by atoms with Gasteiger partial charge in [0.05, 0.1) is 26.5 Å². The van der Waals surface area contributed by atoms with Gasteiger partial charge in [-0.2, -0.15) is 0 Å². The quantitative estimate of drug-likeness (QED) is 0.892. The average Bonchev–Trinajstić information content (AvgIpc) is 2.85. The first-order valence-corrected chi connectivity index (χ1v) is 6.17. The van der Waals surface area contributed by atoms with Crippen molar-refractivity contribution < 1.29 is 9.47 Å². The molecule has 2 heterocycles. The summed E-state index contributed by atoms with van der Waals surface area (Å²) in [5, 5.41) is 11.6. The lowest BCUT2D eigenvalue weighted by atomic mass is 10.1. The minimum atomic E-state index is 0.418. The number of aromatic nitrogens is 3. The fraction of sp³-hybridized carbons (Fsp3) is 0.385. The molecular weight excluding hydrogens is 244 g/mol. The van der Waals surface area contributed by atoms with Gasteiger partial charge < -0.3 is 14.8 Å². The van der Waals surface area contributed by atoms with Crippen LogP contribution in [0.5, 0.6) is 11.5 Å². The van der Waals surface area contributed by atoms with Crippen LogP contribution in [-0.2, 0) is 0 Å². The van der Waals surface area contributed by atoms with E-state index in [1.807, 2.05) is 29.1 Å². The lowest BCUT2D eigenvalue weighted by Crippen LogP contribution is -2.43. The molecule has 1 aromatic heterocycles. The van der Waals surface area contributed by atoms with Gasteiger partial charge in [0.15, 0.2) is 11.5 Å². The van der Waals surface area contributed by atoms with Crippen LogP contribution in [0.1, 0.15) is 6.04 Å². The third-order valence-corrected chi connectivity index (χ3v) is 3.32. The predicted molar refractivity (Wildman–Crippen MR) is 70.5 cm³/mol. The zero-order chi connectivity index (χ0) is 13.2. The number of ether oxygens (including phenoxy) is 2. The Morgan fingerprint density at radius 1 is 1.21 bits per heavy atom. The van der Waals surface area contributed by atoms with Gasteiger partial charge in [-0.1, -0.05) is 5.21 Å². The maximum Gasteiger partial charge on any atom is 0.161 e. The van der Waals surface area contributed by atoms with Crippen molar-refractivity contribution in [1.82, 2.24) is 20.3 Å². The summed E-state index contributed by atoms with van der Waals surface area (Å²) in [4.78, 5) is 0. The summed E-state index contributed by atoms with van der Waals surface area (Å²) in [7, 11) is 3.25. The smallest absolute Gasteiger partial charge is 0.161 e. The standard InChI is InChI=1S/C13H16N4O2/c1-18-12-4-3-9(5-13(12)19-2)11-8-17(16-15-11)10-6-14-7-10/h3-5,8,10,14H,6-7H2,1-2H3. The predicted octanol–water partition coefficient (Wildman–Crippen LogP) is 1.11. The van der Waals surface area contributed by atoms with Crippen LogP contribution in [0.15, 0.2) is 24.4 Å². The number of hydrogen-bond acceptors (Lipinski definition) is 5. The van der Waals surface area contributed by atoms with Gasteiger partial charge in [-0.05, 0) is 18.2 Å². The molecular formula is C13H16N4O2. The summed E-state index contributed by atoms with van der Waals surface area (Å²) in [5.74, 6) is 1.40. The summed E-state index contributed by atoms with van der Waals surface area (Å²) in [5.41, 5.74) is 1.81. The molecule has 1 saturated heterocycles. The first-order chi connectivity index (χ1) is 9.31. The van der Waals surface area contributed by atoms with E-state index in [4.69, 9.17) is 9.47 Å². The number of nitrogens with zero attached hydrogens (tertiary/aromatic N) is 3. The molecule has 2 aromatic rings. The minimum Gasteiger partial charge on any atom is -0.493 e. The van der Waals surface area contributed by atoms with E-state index in [-0.39, 0.29) is 0 Å². The Morgan fingerprint density at radius 3 is 2.63 bits per heavy atom. The van der Waals surface area contributed by atoms with Gasteiger partial charge in [0.1, 0.15) is 5.69 Å². The molecule has 0 aliphatic carbocycles. The summed E-state index contributed by atoms with van der Waals surface area (Å²) in [6, 6.07) is 6.15. The molecule has 1 aromatic carbocycles. The van der Waals surface area contributed by atoms with Crippen molar-refractivity contribution in [3.8, 4) is 22.8 Å². The first-order valence-electron chi connectivity index (χ1n) is 6.17. The zero-order valence-corrected chi connectivity index (χ0v) is 11.0. The van der Waals surface area contributed by atoms with E-state index in [1.165, 1.54) is 0 Å². The largest absolute Gasteiger partial charge is 0.493 e. The van der Waals surface area contributed by atoms with Crippen molar-refractivity contribution in [2.45, 2.75) is 6.04 Å². The fourth-order valence-electron chi connectivity index (χ4n) is 2.04. The Hall–Kier alpha value is -2.08. The second-order valence-electron chi connectivity index (χ2n) is 4.47. The Labute approximate surface area is 111 Å². The Bertz CT molecular complexity index is 578. The lowest BCUT2D eigenvalue weighted by Gasteiger charge is -2.26. The number of nitrogens with one attached hydrogen (secondary N) is 1. The lowest BCUT2D eigenvalue weighted by molar-refractivity contribution is 0.313. The van der Waals surface area contributed by atoms with E-state index in [2.05, 4.69) is 15.6 Å². The Balaban J connectivity index is 1.90. The SMILES string of the molecule is COc1ccc(-c2cn(C3CNC3)nn2)cc1OC. The highest BCUT2D eigenvalue weighted by molar-refractivity contribution is 5.63. The molecule has 0 saturated carbocycles. The van der Waals surface area contributed by atoms with Crippen LogP contribution in [0.3, 0.4) is 0 Å². The Kier molecular flexibility index (Phi) is 3.08. The van der Waals surface area contributed by atoms with Gasteiger partial charge in [0.25, 0.3) is 0 Å². The van der Waals surface area contributed by atoms with E-state index < -0.39 is 0 Å². The molecule has 100 valence electrons. The summed E-state index contributed by atoms with van der Waals surface area (Å²) in [6.07, 6.45) is 1.97. The maximum atomic E-state index is 5.29. The van der Waals surface area contributed by atoms with Crippen molar-refractivity contribution in [2.24, 2.45) is 0 Å². The summed E-state index contributed by atoms with van der Waals surface area (Å²) < 4.78 is 12.4. The molecule has 6 nitrogen and oxygen atoms in total. The average molecular weight is 260 g/mol. The van der Waals surface area contributed by atoms with Gasteiger partial charge in [0, 0.05) is 18.7 Å². The highest BCUT2D eigenvalue weighted by atomic mass is 16.5. The molecule has 0 spiro atoms. The number of hydrogen-bond donors (Lipinski definition) is 1. The molecule has 0 unspecified atom stereocenters. The zero-order valence-electron chi connectivity index (χ0n) is 11.0. The molecule has 6 heteroatoms. The molecule has 19 heavy (non-hydrogen) atoms. The van der Waals surface area contributed by atoms with Gasteiger partial charge in [-0.25, -0.2) is 4.68 Å². The van der Waals surface area contributed by atoms with Crippen LogP contribution in [0.4, 0.5) is 0 Å². The van der Waals surface area contributed by atoms with Crippen LogP contribution in [0.25, 0.3) is 11.3 Å². The number of rotatable bonds is 4. The molecule has 0 radical (unpaired) electrons. The molecule has 0 atom stereocenters.